The van der Waals surface area contributed by atoms with Crippen molar-refractivity contribution in [3.05, 3.63) is 65.7 Å². The number of Topliss-reactive ketones (excluding diaryl/α,β-unsaturated/α-hetero) is 1. The molecule has 0 spiro atoms. The van der Waals surface area contributed by atoms with Crippen molar-refractivity contribution in [2.75, 3.05) is 6.61 Å². The Balaban J connectivity index is 1.56. The molecule has 1 aliphatic rings. The SMILES string of the molecule is O=C1NC(=O)C(Cc2ccc(C(=O)COc3ccccc3)cc2)S1. The summed E-state index contributed by atoms with van der Waals surface area (Å²) in [6.07, 6.45) is 0.456. The second-order valence-electron chi connectivity index (χ2n) is 5.31. The van der Waals surface area contributed by atoms with Crippen LogP contribution in [0.3, 0.4) is 0 Å². The van der Waals surface area contributed by atoms with Crippen molar-refractivity contribution in [3.8, 4) is 5.75 Å². The summed E-state index contributed by atoms with van der Waals surface area (Å²) in [7, 11) is 0. The number of benzene rings is 2. The van der Waals surface area contributed by atoms with Crippen LogP contribution in [0.2, 0.25) is 0 Å². The highest BCUT2D eigenvalue weighted by atomic mass is 32.2. The average molecular weight is 341 g/mol. The smallest absolute Gasteiger partial charge is 0.286 e. The molecule has 2 amide bonds. The third-order valence-electron chi connectivity index (χ3n) is 3.58. The molecule has 6 heteroatoms. The summed E-state index contributed by atoms with van der Waals surface area (Å²) < 4.78 is 5.44. The monoisotopic (exact) mass is 341 g/mol. The van der Waals surface area contributed by atoms with Gasteiger partial charge in [0.05, 0.1) is 5.25 Å². The molecule has 0 radical (unpaired) electrons. The highest BCUT2D eigenvalue weighted by molar-refractivity contribution is 8.15. The van der Waals surface area contributed by atoms with Crippen molar-refractivity contribution >= 4 is 28.7 Å². The zero-order valence-corrected chi connectivity index (χ0v) is 13.5. The summed E-state index contributed by atoms with van der Waals surface area (Å²) in [6, 6.07) is 16.2. The van der Waals surface area contributed by atoms with Crippen LogP contribution < -0.4 is 10.1 Å². The van der Waals surface area contributed by atoms with Gasteiger partial charge in [0.25, 0.3) is 5.24 Å². The van der Waals surface area contributed by atoms with Crippen LogP contribution in [0.5, 0.6) is 5.75 Å². The van der Waals surface area contributed by atoms with Gasteiger partial charge in [-0.2, -0.15) is 0 Å². The van der Waals surface area contributed by atoms with Crippen LogP contribution in [0.1, 0.15) is 15.9 Å². The van der Waals surface area contributed by atoms with Gasteiger partial charge in [0.15, 0.2) is 12.4 Å². The Kier molecular flexibility index (Phi) is 4.96. The molecular formula is C18H15NO4S. The summed E-state index contributed by atoms with van der Waals surface area (Å²) in [5.74, 6) is 0.270. The van der Waals surface area contributed by atoms with E-state index in [1.807, 2.05) is 18.2 Å². The first-order valence-corrected chi connectivity index (χ1v) is 8.31. The van der Waals surface area contributed by atoms with E-state index >= 15 is 0 Å². The molecule has 1 fully saturated rings. The number of hydrogen-bond acceptors (Lipinski definition) is 5. The summed E-state index contributed by atoms with van der Waals surface area (Å²) >= 11 is 0.998. The molecule has 3 rings (SSSR count). The van der Waals surface area contributed by atoms with Crippen molar-refractivity contribution in [2.45, 2.75) is 11.7 Å². The fourth-order valence-electron chi connectivity index (χ4n) is 2.32. The van der Waals surface area contributed by atoms with Crippen molar-refractivity contribution in [1.29, 1.82) is 0 Å². The van der Waals surface area contributed by atoms with E-state index in [1.54, 1.807) is 36.4 Å². The van der Waals surface area contributed by atoms with E-state index in [0.29, 0.717) is 17.7 Å². The van der Waals surface area contributed by atoms with Crippen molar-refractivity contribution < 1.29 is 19.1 Å². The number of amides is 2. The number of ether oxygens (including phenoxy) is 1. The summed E-state index contributed by atoms with van der Waals surface area (Å²) in [5.41, 5.74) is 1.45. The maximum Gasteiger partial charge on any atom is 0.286 e. The number of hydrogen-bond donors (Lipinski definition) is 1. The van der Waals surface area contributed by atoms with E-state index in [1.165, 1.54) is 0 Å². The summed E-state index contributed by atoms with van der Waals surface area (Å²) in [6.45, 7) is -0.0290. The standard InChI is InChI=1S/C18H15NO4S/c20-15(11-23-14-4-2-1-3-5-14)13-8-6-12(7-9-13)10-16-17(21)19-18(22)24-16/h1-9,16H,10-11H2,(H,19,21,22). The van der Waals surface area contributed by atoms with Crippen LogP contribution in [0.4, 0.5) is 4.79 Å². The molecule has 2 aromatic carbocycles. The van der Waals surface area contributed by atoms with Crippen molar-refractivity contribution in [1.82, 2.24) is 5.32 Å². The number of ketones is 1. The number of rotatable bonds is 6. The lowest BCUT2D eigenvalue weighted by Crippen LogP contribution is -2.25. The van der Waals surface area contributed by atoms with Crippen LogP contribution in [0, 0.1) is 0 Å². The molecular weight excluding hydrogens is 326 g/mol. The third kappa shape index (κ3) is 4.02. The van der Waals surface area contributed by atoms with Gasteiger partial charge in [0.1, 0.15) is 5.75 Å². The number of para-hydroxylation sites is 1. The number of thioether (sulfide) groups is 1. The van der Waals surface area contributed by atoms with Crippen LogP contribution in [-0.2, 0) is 11.2 Å². The van der Waals surface area contributed by atoms with Crippen LogP contribution in [0.25, 0.3) is 0 Å². The second-order valence-corrected chi connectivity index (χ2v) is 6.48. The number of imide groups is 1. The molecule has 24 heavy (non-hydrogen) atoms. The zero-order chi connectivity index (χ0) is 16.9. The maximum atomic E-state index is 12.1. The normalized spacial score (nSPS) is 16.8. The molecule has 1 aliphatic heterocycles. The molecule has 2 aromatic rings. The predicted molar refractivity (Wildman–Crippen MR) is 91.3 cm³/mol. The molecule has 1 unspecified atom stereocenters. The fourth-order valence-corrected chi connectivity index (χ4v) is 3.18. The third-order valence-corrected chi connectivity index (χ3v) is 4.56. The van der Waals surface area contributed by atoms with Gasteiger partial charge in [-0.3, -0.25) is 19.7 Å². The van der Waals surface area contributed by atoms with Crippen LogP contribution in [-0.4, -0.2) is 28.8 Å². The molecule has 122 valence electrons. The quantitative estimate of drug-likeness (QED) is 0.818. The van der Waals surface area contributed by atoms with Gasteiger partial charge in [-0.1, -0.05) is 54.2 Å². The van der Waals surface area contributed by atoms with E-state index in [-0.39, 0.29) is 23.5 Å². The number of nitrogens with one attached hydrogen (secondary N) is 1. The van der Waals surface area contributed by atoms with Gasteiger partial charge in [-0.15, -0.1) is 0 Å². The minimum absolute atomic E-state index is 0.0290. The molecule has 5 nitrogen and oxygen atoms in total. The molecule has 1 N–H and O–H groups in total. The molecule has 0 aliphatic carbocycles. The van der Waals surface area contributed by atoms with Crippen molar-refractivity contribution in [2.24, 2.45) is 0 Å². The Morgan fingerprint density at radius 1 is 1.04 bits per heavy atom. The van der Waals surface area contributed by atoms with Gasteiger partial charge in [0, 0.05) is 5.56 Å². The largest absolute Gasteiger partial charge is 0.485 e. The topological polar surface area (TPSA) is 72.5 Å². The van der Waals surface area contributed by atoms with Gasteiger partial charge in [-0.05, 0) is 24.1 Å². The first kappa shape index (κ1) is 16.3. The Labute approximate surface area is 143 Å². The molecule has 1 heterocycles. The van der Waals surface area contributed by atoms with Gasteiger partial charge < -0.3 is 4.74 Å². The maximum absolute atomic E-state index is 12.1. The Morgan fingerprint density at radius 3 is 2.38 bits per heavy atom. The minimum Gasteiger partial charge on any atom is -0.485 e. The number of carbonyl (C=O) groups excluding carboxylic acids is 3. The molecule has 1 saturated heterocycles. The minimum atomic E-state index is -0.402. The van der Waals surface area contributed by atoms with E-state index < -0.39 is 5.25 Å². The van der Waals surface area contributed by atoms with E-state index in [9.17, 15) is 14.4 Å². The second kappa shape index (κ2) is 7.31. The lowest BCUT2D eigenvalue weighted by Gasteiger charge is -2.07. The average Bonchev–Trinajstić information content (AvgIpc) is 2.91. The highest BCUT2D eigenvalue weighted by Crippen LogP contribution is 2.23. The molecule has 0 aromatic heterocycles. The van der Waals surface area contributed by atoms with E-state index in [4.69, 9.17) is 4.74 Å². The Morgan fingerprint density at radius 2 is 1.75 bits per heavy atom. The Bertz CT molecular complexity index is 758. The lowest BCUT2D eigenvalue weighted by atomic mass is 10.0. The van der Waals surface area contributed by atoms with Gasteiger partial charge >= 0.3 is 0 Å². The lowest BCUT2D eigenvalue weighted by molar-refractivity contribution is -0.118. The molecule has 0 bridgehead atoms. The predicted octanol–water partition coefficient (Wildman–Crippen LogP) is 2.84. The zero-order valence-electron chi connectivity index (χ0n) is 12.7. The van der Waals surface area contributed by atoms with E-state index in [0.717, 1.165) is 17.3 Å². The van der Waals surface area contributed by atoms with Crippen molar-refractivity contribution in [3.63, 3.8) is 0 Å². The first-order valence-electron chi connectivity index (χ1n) is 7.43. The fraction of sp³-hybridized carbons (Fsp3) is 0.167. The summed E-state index contributed by atoms with van der Waals surface area (Å²) in [4.78, 5) is 34.9. The molecule has 0 saturated carbocycles. The molecule has 1 atom stereocenters. The van der Waals surface area contributed by atoms with Gasteiger partial charge in [-0.25, -0.2) is 0 Å². The highest BCUT2D eigenvalue weighted by Gasteiger charge is 2.31. The van der Waals surface area contributed by atoms with E-state index in [2.05, 4.69) is 5.32 Å². The van der Waals surface area contributed by atoms with Crippen LogP contribution in [0.15, 0.2) is 54.6 Å². The number of carbonyl (C=O) groups is 3. The summed E-state index contributed by atoms with van der Waals surface area (Å²) in [5, 5.41) is 1.55. The Hall–Kier alpha value is -2.60. The van der Waals surface area contributed by atoms with Crippen LogP contribution >= 0.6 is 11.8 Å². The van der Waals surface area contributed by atoms with Gasteiger partial charge in [0.2, 0.25) is 5.91 Å². The first-order chi connectivity index (χ1) is 11.6.